The fourth-order valence-electron chi connectivity index (χ4n) is 2.28. The van der Waals surface area contributed by atoms with E-state index < -0.39 is 0 Å². The molecule has 2 rings (SSSR count). The Morgan fingerprint density at radius 2 is 2.12 bits per heavy atom. The second-order valence-corrected chi connectivity index (χ2v) is 5.40. The third-order valence-corrected chi connectivity index (χ3v) is 3.92. The van der Waals surface area contributed by atoms with E-state index in [4.69, 9.17) is 10.5 Å². The summed E-state index contributed by atoms with van der Waals surface area (Å²) in [5, 5.41) is 0. The Hall–Kier alpha value is -0.450. The highest BCUT2D eigenvalue weighted by atomic mass is 79.9. The molecule has 0 saturated carbocycles. The van der Waals surface area contributed by atoms with Gasteiger partial charge in [-0.1, -0.05) is 12.1 Å². The molecule has 2 N–H and O–H groups in total. The fourth-order valence-corrected chi connectivity index (χ4v) is 2.66. The van der Waals surface area contributed by atoms with E-state index in [0.717, 1.165) is 32.5 Å². The van der Waals surface area contributed by atoms with Gasteiger partial charge in [-0.3, -0.25) is 0 Å². The molecule has 1 aliphatic rings. The topological polar surface area (TPSA) is 35.2 Å². The molecule has 2 nitrogen and oxygen atoms in total. The summed E-state index contributed by atoms with van der Waals surface area (Å²) in [5.41, 5.74) is 6.70. The highest BCUT2D eigenvalue weighted by Gasteiger charge is 2.20. The Kier molecular flexibility index (Phi) is 4.54. The van der Waals surface area contributed by atoms with Crippen LogP contribution in [0, 0.1) is 11.7 Å². The molecule has 94 valence electrons. The van der Waals surface area contributed by atoms with Gasteiger partial charge in [0.1, 0.15) is 5.82 Å². The van der Waals surface area contributed by atoms with Crippen LogP contribution < -0.4 is 5.73 Å². The summed E-state index contributed by atoms with van der Waals surface area (Å²) in [6.45, 7) is 1.61. The van der Waals surface area contributed by atoms with Crippen LogP contribution >= 0.6 is 15.9 Å². The largest absolute Gasteiger partial charge is 0.381 e. The smallest absolute Gasteiger partial charge is 0.142 e. The summed E-state index contributed by atoms with van der Waals surface area (Å²) >= 11 is 3.19. The first-order valence-electron chi connectivity index (χ1n) is 5.95. The van der Waals surface area contributed by atoms with Gasteiger partial charge in [0.15, 0.2) is 0 Å². The highest BCUT2D eigenvalue weighted by molar-refractivity contribution is 9.10. The van der Waals surface area contributed by atoms with Crippen molar-refractivity contribution in [2.45, 2.75) is 25.3 Å². The van der Waals surface area contributed by atoms with Crippen molar-refractivity contribution < 1.29 is 9.13 Å². The average molecular weight is 302 g/mol. The van der Waals surface area contributed by atoms with Crippen LogP contribution in [0.5, 0.6) is 0 Å². The molecule has 1 aromatic carbocycles. The molecule has 0 amide bonds. The molecule has 0 aromatic heterocycles. The van der Waals surface area contributed by atoms with Crippen molar-refractivity contribution in [3.8, 4) is 0 Å². The standard InChI is InChI=1S/C13H17BrFNO/c14-11-3-1-2-10(13(11)15)12(16)8-9-4-6-17-7-5-9/h1-3,9,12H,4-8,16H2. The van der Waals surface area contributed by atoms with Gasteiger partial charge in [0, 0.05) is 24.8 Å². The first kappa shape index (κ1) is 13.0. The number of hydrogen-bond donors (Lipinski definition) is 1. The van der Waals surface area contributed by atoms with E-state index >= 15 is 0 Å². The van der Waals surface area contributed by atoms with Crippen LogP contribution in [0.25, 0.3) is 0 Å². The lowest BCUT2D eigenvalue weighted by atomic mass is 9.90. The van der Waals surface area contributed by atoms with E-state index in [-0.39, 0.29) is 11.9 Å². The van der Waals surface area contributed by atoms with Crippen LogP contribution in [0.3, 0.4) is 0 Å². The van der Waals surface area contributed by atoms with E-state index in [1.165, 1.54) is 0 Å². The molecule has 17 heavy (non-hydrogen) atoms. The minimum atomic E-state index is -0.230. The van der Waals surface area contributed by atoms with Crippen LogP contribution in [0.4, 0.5) is 4.39 Å². The second-order valence-electron chi connectivity index (χ2n) is 4.54. The molecule has 1 unspecified atom stereocenters. The third-order valence-electron chi connectivity index (χ3n) is 3.31. The van der Waals surface area contributed by atoms with Crippen LogP contribution in [-0.2, 0) is 4.74 Å². The summed E-state index contributed by atoms with van der Waals surface area (Å²) in [4.78, 5) is 0. The summed E-state index contributed by atoms with van der Waals surface area (Å²) < 4.78 is 19.6. The molecule has 1 heterocycles. The number of hydrogen-bond acceptors (Lipinski definition) is 2. The number of nitrogens with two attached hydrogens (primary N) is 1. The van der Waals surface area contributed by atoms with Crippen LogP contribution in [0.2, 0.25) is 0 Å². The molecule has 0 radical (unpaired) electrons. The molecule has 1 aliphatic heterocycles. The van der Waals surface area contributed by atoms with E-state index in [1.54, 1.807) is 12.1 Å². The predicted molar refractivity (Wildman–Crippen MR) is 69.2 cm³/mol. The van der Waals surface area contributed by atoms with Gasteiger partial charge in [-0.25, -0.2) is 4.39 Å². The summed E-state index contributed by atoms with van der Waals surface area (Å²) in [7, 11) is 0. The van der Waals surface area contributed by atoms with Crippen molar-refractivity contribution in [2.24, 2.45) is 11.7 Å². The first-order valence-corrected chi connectivity index (χ1v) is 6.75. The third kappa shape index (κ3) is 3.27. The van der Waals surface area contributed by atoms with Crippen molar-refractivity contribution in [3.05, 3.63) is 34.1 Å². The monoisotopic (exact) mass is 301 g/mol. The minimum absolute atomic E-state index is 0.226. The zero-order valence-electron chi connectivity index (χ0n) is 9.66. The lowest BCUT2D eigenvalue weighted by molar-refractivity contribution is 0.0617. The van der Waals surface area contributed by atoms with Gasteiger partial charge in [0.2, 0.25) is 0 Å². The molecular formula is C13H17BrFNO. The van der Waals surface area contributed by atoms with E-state index in [1.807, 2.05) is 6.07 Å². The molecule has 1 fully saturated rings. The fraction of sp³-hybridized carbons (Fsp3) is 0.538. The van der Waals surface area contributed by atoms with Gasteiger partial charge in [-0.2, -0.15) is 0 Å². The Balaban J connectivity index is 2.03. The Bertz CT molecular complexity index is 380. The van der Waals surface area contributed by atoms with Crippen LogP contribution in [0.1, 0.15) is 30.9 Å². The zero-order chi connectivity index (χ0) is 12.3. The van der Waals surface area contributed by atoms with Gasteiger partial charge in [0.05, 0.1) is 4.47 Å². The van der Waals surface area contributed by atoms with Gasteiger partial charge in [-0.15, -0.1) is 0 Å². The van der Waals surface area contributed by atoms with Crippen molar-refractivity contribution in [1.29, 1.82) is 0 Å². The SMILES string of the molecule is NC(CC1CCOCC1)c1cccc(Br)c1F. The van der Waals surface area contributed by atoms with E-state index in [9.17, 15) is 4.39 Å². The van der Waals surface area contributed by atoms with E-state index in [0.29, 0.717) is 16.0 Å². The average Bonchev–Trinajstić information content (AvgIpc) is 2.34. The van der Waals surface area contributed by atoms with Gasteiger partial charge >= 0.3 is 0 Å². The maximum absolute atomic E-state index is 13.9. The highest BCUT2D eigenvalue weighted by Crippen LogP contribution is 2.29. The van der Waals surface area contributed by atoms with Gasteiger partial charge in [0.25, 0.3) is 0 Å². The van der Waals surface area contributed by atoms with Crippen molar-refractivity contribution >= 4 is 15.9 Å². The first-order chi connectivity index (χ1) is 8.18. The molecule has 0 aliphatic carbocycles. The Labute approximate surface area is 109 Å². The van der Waals surface area contributed by atoms with Crippen LogP contribution in [0.15, 0.2) is 22.7 Å². The predicted octanol–water partition coefficient (Wildman–Crippen LogP) is 3.40. The number of rotatable bonds is 3. The minimum Gasteiger partial charge on any atom is -0.381 e. The summed E-state index contributed by atoms with van der Waals surface area (Å²) in [6.07, 6.45) is 2.89. The number of ether oxygens (including phenoxy) is 1. The number of benzene rings is 1. The van der Waals surface area contributed by atoms with Crippen molar-refractivity contribution in [3.63, 3.8) is 0 Å². The number of halogens is 2. The maximum Gasteiger partial charge on any atom is 0.142 e. The normalized spacial score (nSPS) is 19.2. The van der Waals surface area contributed by atoms with Gasteiger partial charge < -0.3 is 10.5 Å². The lowest BCUT2D eigenvalue weighted by Gasteiger charge is -2.25. The molecule has 1 aromatic rings. The Morgan fingerprint density at radius 3 is 2.82 bits per heavy atom. The quantitative estimate of drug-likeness (QED) is 0.928. The second kappa shape index (κ2) is 5.94. The molecular weight excluding hydrogens is 285 g/mol. The molecule has 1 atom stereocenters. The molecule has 4 heteroatoms. The summed E-state index contributed by atoms with van der Waals surface area (Å²) in [6, 6.07) is 5.06. The van der Waals surface area contributed by atoms with E-state index in [2.05, 4.69) is 15.9 Å². The van der Waals surface area contributed by atoms with Crippen molar-refractivity contribution in [1.82, 2.24) is 0 Å². The lowest BCUT2D eigenvalue weighted by Crippen LogP contribution is -2.22. The summed E-state index contributed by atoms with van der Waals surface area (Å²) in [5.74, 6) is 0.323. The maximum atomic E-state index is 13.9. The zero-order valence-corrected chi connectivity index (χ0v) is 11.2. The Morgan fingerprint density at radius 1 is 1.41 bits per heavy atom. The molecule has 0 bridgehead atoms. The van der Waals surface area contributed by atoms with Gasteiger partial charge in [-0.05, 0) is 47.2 Å². The molecule has 0 spiro atoms. The van der Waals surface area contributed by atoms with Crippen molar-refractivity contribution in [2.75, 3.05) is 13.2 Å². The molecule has 1 saturated heterocycles. The van der Waals surface area contributed by atoms with Crippen LogP contribution in [-0.4, -0.2) is 13.2 Å².